The standard InChI is InChI=1S/C7H13BO/c1-3-6-4-5(2)7(8)9-6/h5-7H,3-4H2,1-2H3/t5-,6?,7?/m1/s1. The summed E-state index contributed by atoms with van der Waals surface area (Å²) in [6.45, 7) is 4.27. The molecule has 0 spiro atoms. The van der Waals surface area contributed by atoms with Crippen LogP contribution in [0.15, 0.2) is 0 Å². The van der Waals surface area contributed by atoms with E-state index in [1.165, 1.54) is 0 Å². The normalized spacial score (nSPS) is 43.6. The fraction of sp³-hybridized carbons (Fsp3) is 1.00. The molecular formula is C7H13BO. The minimum absolute atomic E-state index is 0.00468. The lowest BCUT2D eigenvalue weighted by Crippen LogP contribution is -2.13. The molecule has 0 bridgehead atoms. The van der Waals surface area contributed by atoms with Gasteiger partial charge in [0, 0.05) is 6.00 Å². The van der Waals surface area contributed by atoms with Gasteiger partial charge in [-0.1, -0.05) is 13.8 Å². The average Bonchev–Trinajstić information content (AvgIpc) is 2.13. The monoisotopic (exact) mass is 124 g/mol. The van der Waals surface area contributed by atoms with Crippen molar-refractivity contribution in [3.8, 4) is 0 Å². The highest BCUT2D eigenvalue weighted by Gasteiger charge is 2.26. The van der Waals surface area contributed by atoms with E-state index in [0.717, 1.165) is 12.8 Å². The minimum atomic E-state index is -0.00468. The van der Waals surface area contributed by atoms with Crippen LogP contribution in [0.2, 0.25) is 0 Å². The molecule has 1 nitrogen and oxygen atoms in total. The SMILES string of the molecule is [B]C1OC(CC)C[C@H]1C. The maximum Gasteiger partial charge on any atom is 0.109 e. The predicted molar refractivity (Wildman–Crippen MR) is 38.5 cm³/mol. The Morgan fingerprint density at radius 3 is 2.56 bits per heavy atom. The van der Waals surface area contributed by atoms with Crippen molar-refractivity contribution in [2.45, 2.75) is 38.8 Å². The van der Waals surface area contributed by atoms with E-state index >= 15 is 0 Å². The van der Waals surface area contributed by atoms with Gasteiger partial charge in [-0.2, -0.15) is 0 Å². The number of rotatable bonds is 1. The third-order valence-corrected chi connectivity index (χ3v) is 2.00. The number of ether oxygens (including phenoxy) is 1. The Balaban J connectivity index is 2.35. The van der Waals surface area contributed by atoms with Gasteiger partial charge in [0.2, 0.25) is 0 Å². The second-order valence-electron chi connectivity index (χ2n) is 2.84. The second kappa shape index (κ2) is 2.74. The van der Waals surface area contributed by atoms with Gasteiger partial charge in [0.1, 0.15) is 7.85 Å². The van der Waals surface area contributed by atoms with Crippen LogP contribution in [-0.2, 0) is 4.74 Å². The highest BCUT2D eigenvalue weighted by Crippen LogP contribution is 2.25. The van der Waals surface area contributed by atoms with Gasteiger partial charge in [-0.05, 0) is 18.8 Å². The van der Waals surface area contributed by atoms with Crippen LogP contribution in [0.3, 0.4) is 0 Å². The molecular weight excluding hydrogens is 111 g/mol. The van der Waals surface area contributed by atoms with Gasteiger partial charge in [0.05, 0.1) is 6.10 Å². The predicted octanol–water partition coefficient (Wildman–Crippen LogP) is 1.32. The molecule has 0 aromatic rings. The zero-order valence-corrected chi connectivity index (χ0v) is 6.13. The first kappa shape index (κ1) is 7.14. The van der Waals surface area contributed by atoms with Crippen LogP contribution >= 0.6 is 0 Å². The Bertz CT molecular complexity index is 84.9. The van der Waals surface area contributed by atoms with Gasteiger partial charge in [-0.3, -0.25) is 0 Å². The average molecular weight is 124 g/mol. The van der Waals surface area contributed by atoms with Crippen LogP contribution < -0.4 is 0 Å². The lowest BCUT2D eigenvalue weighted by Gasteiger charge is -2.07. The van der Waals surface area contributed by atoms with Crippen molar-refractivity contribution in [1.82, 2.24) is 0 Å². The van der Waals surface area contributed by atoms with Crippen LogP contribution in [0, 0.1) is 5.92 Å². The van der Waals surface area contributed by atoms with Gasteiger partial charge in [-0.15, -0.1) is 0 Å². The highest BCUT2D eigenvalue weighted by atomic mass is 16.5. The smallest absolute Gasteiger partial charge is 0.109 e. The van der Waals surface area contributed by atoms with Crippen LogP contribution in [0.4, 0.5) is 0 Å². The maximum atomic E-state index is 5.62. The first-order valence-electron chi connectivity index (χ1n) is 3.65. The summed E-state index contributed by atoms with van der Waals surface area (Å²) in [6.07, 6.45) is 2.66. The lowest BCUT2D eigenvalue weighted by molar-refractivity contribution is 0.0804. The molecule has 0 saturated carbocycles. The van der Waals surface area contributed by atoms with Gasteiger partial charge >= 0.3 is 0 Å². The Hall–Kier alpha value is 0.0249. The van der Waals surface area contributed by atoms with E-state index in [2.05, 4.69) is 13.8 Å². The Morgan fingerprint density at radius 2 is 2.33 bits per heavy atom. The molecule has 2 unspecified atom stereocenters. The molecule has 1 rings (SSSR count). The summed E-state index contributed by atoms with van der Waals surface area (Å²) in [7, 11) is 5.62. The molecule has 1 fully saturated rings. The first-order chi connectivity index (χ1) is 4.24. The summed E-state index contributed by atoms with van der Waals surface area (Å²) in [6, 6.07) is -0.00468. The van der Waals surface area contributed by atoms with Gasteiger partial charge < -0.3 is 4.74 Å². The molecule has 1 heterocycles. The molecule has 0 amide bonds. The van der Waals surface area contributed by atoms with Gasteiger partial charge in [0.15, 0.2) is 0 Å². The molecule has 1 saturated heterocycles. The van der Waals surface area contributed by atoms with Crippen molar-refractivity contribution in [3.63, 3.8) is 0 Å². The fourth-order valence-corrected chi connectivity index (χ4v) is 1.22. The molecule has 50 valence electrons. The third-order valence-electron chi connectivity index (χ3n) is 2.00. The van der Waals surface area contributed by atoms with E-state index in [1.807, 2.05) is 0 Å². The van der Waals surface area contributed by atoms with E-state index in [1.54, 1.807) is 0 Å². The van der Waals surface area contributed by atoms with Crippen LogP contribution in [0.1, 0.15) is 26.7 Å². The van der Waals surface area contributed by atoms with Crippen LogP contribution in [-0.4, -0.2) is 20.0 Å². The van der Waals surface area contributed by atoms with Crippen molar-refractivity contribution >= 4 is 7.85 Å². The topological polar surface area (TPSA) is 9.23 Å². The lowest BCUT2D eigenvalue weighted by atomic mass is 9.88. The van der Waals surface area contributed by atoms with Crippen molar-refractivity contribution < 1.29 is 4.74 Å². The van der Waals surface area contributed by atoms with Gasteiger partial charge in [-0.25, -0.2) is 0 Å². The van der Waals surface area contributed by atoms with E-state index in [0.29, 0.717) is 12.0 Å². The summed E-state index contributed by atoms with van der Waals surface area (Å²) in [5, 5.41) is 0. The first-order valence-corrected chi connectivity index (χ1v) is 3.65. The zero-order chi connectivity index (χ0) is 6.85. The van der Waals surface area contributed by atoms with Crippen molar-refractivity contribution in [2.75, 3.05) is 0 Å². The summed E-state index contributed by atoms with van der Waals surface area (Å²) < 4.78 is 5.40. The molecule has 9 heavy (non-hydrogen) atoms. The molecule has 1 aliphatic heterocycles. The third kappa shape index (κ3) is 1.48. The van der Waals surface area contributed by atoms with Crippen LogP contribution in [0.25, 0.3) is 0 Å². The molecule has 0 aromatic carbocycles. The Labute approximate surface area is 58.2 Å². The zero-order valence-electron chi connectivity index (χ0n) is 6.13. The Morgan fingerprint density at radius 1 is 1.67 bits per heavy atom. The summed E-state index contributed by atoms with van der Waals surface area (Å²) in [5.41, 5.74) is 0. The number of hydrogen-bond donors (Lipinski definition) is 0. The van der Waals surface area contributed by atoms with Crippen LogP contribution in [0.5, 0.6) is 0 Å². The quantitative estimate of drug-likeness (QED) is 0.479. The minimum Gasteiger partial charge on any atom is -0.384 e. The molecule has 1 aliphatic rings. The summed E-state index contributed by atoms with van der Waals surface area (Å²) in [4.78, 5) is 0. The maximum absolute atomic E-state index is 5.62. The second-order valence-corrected chi connectivity index (χ2v) is 2.84. The summed E-state index contributed by atoms with van der Waals surface area (Å²) in [5.74, 6) is 0.551. The van der Waals surface area contributed by atoms with Gasteiger partial charge in [0.25, 0.3) is 0 Å². The van der Waals surface area contributed by atoms with E-state index in [9.17, 15) is 0 Å². The van der Waals surface area contributed by atoms with Crippen molar-refractivity contribution in [2.24, 2.45) is 5.92 Å². The molecule has 0 aliphatic carbocycles. The fourth-order valence-electron chi connectivity index (χ4n) is 1.22. The molecule has 0 aromatic heterocycles. The Kier molecular flexibility index (Phi) is 2.17. The van der Waals surface area contributed by atoms with E-state index in [4.69, 9.17) is 12.6 Å². The highest BCUT2D eigenvalue weighted by molar-refractivity contribution is 6.11. The van der Waals surface area contributed by atoms with Crippen molar-refractivity contribution in [1.29, 1.82) is 0 Å². The summed E-state index contributed by atoms with van der Waals surface area (Å²) >= 11 is 0. The van der Waals surface area contributed by atoms with E-state index < -0.39 is 0 Å². The molecule has 0 N–H and O–H groups in total. The van der Waals surface area contributed by atoms with E-state index in [-0.39, 0.29) is 6.00 Å². The van der Waals surface area contributed by atoms with Crippen molar-refractivity contribution in [3.05, 3.63) is 0 Å². The molecule has 3 atom stereocenters. The molecule has 2 radical (unpaired) electrons. The molecule has 2 heteroatoms. The number of hydrogen-bond acceptors (Lipinski definition) is 1. The largest absolute Gasteiger partial charge is 0.384 e.